The summed E-state index contributed by atoms with van der Waals surface area (Å²) in [7, 11) is -8.07. The zero-order valence-electron chi connectivity index (χ0n) is 50.0. The van der Waals surface area contributed by atoms with Gasteiger partial charge in [-0.2, -0.15) is 27.0 Å². The Morgan fingerprint density at radius 3 is 1.56 bits per heavy atom. The number of nitrogens with one attached hydrogen (secondary N) is 3. The molecule has 2 atom stereocenters. The molecule has 0 radical (unpaired) electrons. The molecule has 4 fully saturated rings. The van der Waals surface area contributed by atoms with Gasteiger partial charge in [-0.05, 0) is 144 Å². The van der Waals surface area contributed by atoms with E-state index in [1.165, 1.54) is 54.0 Å². The second kappa shape index (κ2) is 33.8. The summed E-state index contributed by atoms with van der Waals surface area (Å²) in [5, 5.41) is 20.5. The molecule has 2 aromatic carbocycles. The number of aryl methyl sites for hydroxylation is 2. The molecule has 2 amide bonds. The Morgan fingerprint density at radius 1 is 0.738 bits per heavy atom. The molecule has 4 aromatic heterocycles. The number of halogens is 2. The van der Waals surface area contributed by atoms with E-state index >= 15 is 0 Å². The van der Waals surface area contributed by atoms with Gasteiger partial charge in [0.05, 0.1) is 34.1 Å². The van der Waals surface area contributed by atoms with E-state index in [1.54, 1.807) is 79.5 Å². The number of amides is 2. The fraction of sp³-hybridized carbons (Fsp3) is 0.436. The molecule has 450 valence electrons. The third-order valence-electron chi connectivity index (χ3n) is 13.7. The number of pyridine rings is 2. The van der Waals surface area contributed by atoms with Gasteiger partial charge in [0.15, 0.2) is 11.6 Å². The van der Waals surface area contributed by atoms with E-state index in [2.05, 4.69) is 71.7 Å². The first-order chi connectivity index (χ1) is 37.3. The van der Waals surface area contributed by atoms with Crippen molar-refractivity contribution in [1.29, 1.82) is 0 Å². The molecule has 6 aromatic rings. The maximum atomic E-state index is 13.2. The summed E-state index contributed by atoms with van der Waals surface area (Å²) in [6.07, 6.45) is 10.4. The van der Waals surface area contributed by atoms with E-state index in [0.717, 1.165) is 62.2 Å². The summed E-state index contributed by atoms with van der Waals surface area (Å²) in [6, 6.07) is 22.4. The maximum absolute atomic E-state index is 13.2. The van der Waals surface area contributed by atoms with Crippen LogP contribution in [0.4, 0.5) is 5.82 Å². The van der Waals surface area contributed by atoms with Gasteiger partial charge >= 0.3 is 103 Å². The van der Waals surface area contributed by atoms with Gasteiger partial charge < -0.3 is 31.3 Å². The number of rotatable bonds is 16. The number of carbonyl (C=O) groups is 3. The zero-order valence-corrected chi connectivity index (χ0v) is 60.4. The van der Waals surface area contributed by atoms with Gasteiger partial charge in [-0.25, -0.2) is 45.6 Å². The summed E-state index contributed by atoms with van der Waals surface area (Å²) in [6.45, 7) is 20.6. The van der Waals surface area contributed by atoms with E-state index < -0.39 is 31.9 Å². The second-order valence-corrected chi connectivity index (χ2v) is 25.8. The van der Waals surface area contributed by atoms with Gasteiger partial charge in [-0.15, -0.1) is 22.6 Å². The molecule has 0 unspecified atom stereocenters. The van der Waals surface area contributed by atoms with Gasteiger partial charge in [0.25, 0.3) is 38.3 Å². The second-order valence-electron chi connectivity index (χ2n) is 22.1. The number of carbonyl (C=O) groups excluding carboxylic acids is 3. The van der Waals surface area contributed by atoms with E-state index in [0.29, 0.717) is 53.9 Å². The van der Waals surface area contributed by atoms with Crippen molar-refractivity contribution in [1.82, 2.24) is 44.3 Å². The first-order valence-corrected chi connectivity index (χ1v) is 29.2. The van der Waals surface area contributed by atoms with E-state index in [9.17, 15) is 26.4 Å². The van der Waals surface area contributed by atoms with Crippen LogP contribution in [0.15, 0.2) is 107 Å². The Kier molecular flexibility index (Phi) is 31.2. The Labute approximate surface area is 604 Å². The van der Waals surface area contributed by atoms with Crippen molar-refractivity contribution < 1.29 is 155 Å². The molecule has 10 rings (SSSR count). The smallest absolute Gasteiger partial charge is 1.00 e. The molecule has 0 spiro atoms. The molecule has 21 nitrogen and oxygen atoms in total. The number of ether oxygens (including phenoxy) is 2. The Bertz CT molecular complexity index is 3400. The third-order valence-corrected chi connectivity index (χ3v) is 16.7. The van der Waals surface area contributed by atoms with Crippen LogP contribution in [0.5, 0.6) is 11.8 Å². The summed E-state index contributed by atoms with van der Waals surface area (Å²) in [4.78, 5) is 48.0. The van der Waals surface area contributed by atoms with Crippen LogP contribution in [0.25, 0.3) is 11.6 Å². The van der Waals surface area contributed by atoms with Crippen LogP contribution in [0.3, 0.4) is 0 Å². The van der Waals surface area contributed by atoms with E-state index in [1.807, 2.05) is 9.62 Å². The predicted octanol–water partition coefficient (Wildman–Crippen LogP) is 1.84. The van der Waals surface area contributed by atoms with Gasteiger partial charge in [-0.1, -0.05) is 63.6 Å². The number of nitrogens with zero attached hydrogens (tertiary/aromatic N) is 7. The predicted molar refractivity (Wildman–Crippen MR) is 323 cm³/mol. The fourth-order valence-electron chi connectivity index (χ4n) is 8.57. The van der Waals surface area contributed by atoms with Crippen molar-refractivity contribution in [3.63, 3.8) is 0 Å². The normalized spacial score (nSPS) is 17.1. The van der Waals surface area contributed by atoms with Crippen LogP contribution in [0, 0.1) is 36.5 Å². The van der Waals surface area contributed by atoms with Crippen molar-refractivity contribution >= 4 is 95.2 Å². The van der Waals surface area contributed by atoms with Gasteiger partial charge in [-0.3, -0.25) is 14.4 Å². The Morgan fingerprint density at radius 2 is 1.19 bits per heavy atom. The van der Waals surface area contributed by atoms with Crippen molar-refractivity contribution in [3.05, 3.63) is 125 Å². The minimum Gasteiger partial charge on any atom is -1.00 e. The molecule has 84 heavy (non-hydrogen) atoms. The van der Waals surface area contributed by atoms with Gasteiger partial charge in [0.2, 0.25) is 11.8 Å². The average Bonchev–Trinajstić information content (AvgIpc) is 3.93. The van der Waals surface area contributed by atoms with Crippen molar-refractivity contribution in [2.45, 2.75) is 109 Å². The van der Waals surface area contributed by atoms with Gasteiger partial charge in [0, 0.05) is 54.0 Å². The monoisotopic (exact) mass is 1330 g/mol. The largest absolute Gasteiger partial charge is 1.00 e. The summed E-state index contributed by atoms with van der Waals surface area (Å²) >= 11 is 6.17. The molecule has 4 aliphatic rings. The number of benzene rings is 2. The summed E-state index contributed by atoms with van der Waals surface area (Å²) in [5.41, 5.74) is 2.58. The third kappa shape index (κ3) is 22.7. The SMILES string of the molecule is C[C@@H]1CNC(C)(C)C1.Cc1cccc(S(=O)(=O)NC(=O)c2ccc(-n3ccc(OCC4(C)CC4)n3)nc2Cl)c1.Cc1cccc(S(=O)(=O)NC(=O)c2ccc(-n3ccc(OCC4(C)CC4)n3)nc2N2CC[C@H](C)C2)c1.Cl.O=CO[O-].S.S.[H-].[K+].[K+]. The molecule has 2 saturated carbocycles. The number of sulfonamides is 2. The van der Waals surface area contributed by atoms with E-state index in [-0.39, 0.29) is 187 Å². The Balaban J connectivity index is 0.000000674. The first-order valence-electron chi connectivity index (χ1n) is 25.8. The van der Waals surface area contributed by atoms with Crippen LogP contribution < -0.4 is 137 Å². The molecule has 29 heteroatoms. The number of anilines is 1. The van der Waals surface area contributed by atoms with Crippen molar-refractivity contribution in [2.24, 2.45) is 22.7 Å². The molecule has 0 bridgehead atoms. The van der Waals surface area contributed by atoms with Crippen LogP contribution in [-0.2, 0) is 29.7 Å². The minimum atomic E-state index is -4.04. The quantitative estimate of drug-likeness (QED) is 0.0410. The van der Waals surface area contributed by atoms with Crippen LogP contribution in [0.1, 0.15) is 113 Å². The molecule has 2 saturated heterocycles. The number of aromatic nitrogens is 6. The molecule has 3 N–H and O–H groups in total. The van der Waals surface area contributed by atoms with Crippen LogP contribution in [-0.4, -0.2) is 103 Å². The molecule has 2 aliphatic carbocycles. The minimum absolute atomic E-state index is 0. The van der Waals surface area contributed by atoms with E-state index in [4.69, 9.17) is 36.1 Å². The number of hydrogen-bond acceptors (Lipinski definition) is 17. The Hall–Kier alpha value is -2.66. The van der Waals surface area contributed by atoms with Crippen molar-refractivity contribution in [3.8, 4) is 23.4 Å². The molecular weight excluding hydrogens is 1250 g/mol. The van der Waals surface area contributed by atoms with Gasteiger partial charge in [0.1, 0.15) is 11.0 Å². The van der Waals surface area contributed by atoms with Crippen LogP contribution >= 0.6 is 51.0 Å². The summed E-state index contributed by atoms with van der Waals surface area (Å²) < 4.78 is 69.6. The zero-order chi connectivity index (χ0) is 57.3. The van der Waals surface area contributed by atoms with Crippen LogP contribution in [0.2, 0.25) is 5.15 Å². The molecular formula is C55H74Cl2K2N10O11S4. The number of hydrogen-bond donors (Lipinski definition) is 3. The molecule has 2 aliphatic heterocycles. The molecule has 6 heterocycles. The topological polar surface area (TPSA) is 271 Å². The summed E-state index contributed by atoms with van der Waals surface area (Å²) in [5.74, 6) is 2.06. The average molecular weight is 1330 g/mol. The van der Waals surface area contributed by atoms with Crippen molar-refractivity contribution in [2.75, 3.05) is 37.7 Å². The first kappa shape index (κ1) is 77.4. The fourth-order valence-corrected chi connectivity index (χ4v) is 10.9. The maximum Gasteiger partial charge on any atom is 1.00 e. The standard InChI is InChI=1S/C26H31N5O4S.C21H21ClN4O4S.C7H15N.CH2O3.ClH.2K.2H2S.H/c1-18-5-4-6-20(15-18)36(33,34)29-25(32)21-7-8-22(27-24(21)30-13-9-19(2)16-30)31-14-10-23(28-31)35-17-26(3)11-12-26;1-14-4-3-5-15(12-14)31(28,29)25-20(27)16-6-7-17(23-19(16)22)26-11-8-18(24-26)30-13-21(2)9-10-21;1-6-4-7(2,3)8-5-6;2-1-4-3;;;;;;/h4-8,10,14-15,19H,9,11-13,16-17H2,1-3H3,(H,29,32);3-8,11-12H,9-10,13H2,1-2H3,(H,25,27);6,8H,4-5H2,1-3H3;1,3H;1H;;;2*1H2;/q;;;;;2*+1;;;-1/p-1/t19-;;6-;;;;;;;/m0.0......./s1.